The topological polar surface area (TPSA) is 98.6 Å². The summed E-state index contributed by atoms with van der Waals surface area (Å²) in [5, 5.41) is 21.0. The van der Waals surface area contributed by atoms with Gasteiger partial charge in [0.1, 0.15) is 17.4 Å². The maximum Gasteiger partial charge on any atom is 0.256 e. The van der Waals surface area contributed by atoms with Crippen molar-refractivity contribution in [1.82, 2.24) is 10.3 Å². The number of aromatic nitrogens is 1. The van der Waals surface area contributed by atoms with Gasteiger partial charge in [0.25, 0.3) is 5.91 Å². The van der Waals surface area contributed by atoms with Crippen molar-refractivity contribution in [3.63, 3.8) is 0 Å². The third-order valence-corrected chi connectivity index (χ3v) is 6.62. The fraction of sp³-hybridized carbons (Fsp3) is 0.242. The average molecular weight is 536 g/mol. The van der Waals surface area contributed by atoms with Gasteiger partial charge < -0.3 is 21.1 Å². The van der Waals surface area contributed by atoms with E-state index in [2.05, 4.69) is 59.4 Å². The van der Waals surface area contributed by atoms with Crippen LogP contribution in [0.3, 0.4) is 0 Å². The lowest BCUT2D eigenvalue weighted by atomic mass is 9.87. The van der Waals surface area contributed by atoms with Crippen molar-refractivity contribution < 1.29 is 9.90 Å². The zero-order chi connectivity index (χ0) is 29.0. The van der Waals surface area contributed by atoms with Gasteiger partial charge in [-0.25, -0.2) is 4.98 Å². The van der Waals surface area contributed by atoms with E-state index in [0.29, 0.717) is 34.6 Å². The third-order valence-electron chi connectivity index (χ3n) is 6.62. The molecule has 5 rings (SSSR count). The summed E-state index contributed by atoms with van der Waals surface area (Å²) in [4.78, 5) is 22.4. The molecule has 40 heavy (non-hydrogen) atoms. The molecule has 7 heteroatoms. The number of nitrogens with one attached hydrogen (secondary N) is 3. The minimum Gasteiger partial charge on any atom is -0.508 e. The highest BCUT2D eigenvalue weighted by Crippen LogP contribution is 2.29. The van der Waals surface area contributed by atoms with E-state index in [1.54, 1.807) is 18.2 Å². The number of pyridine rings is 1. The molecule has 1 aliphatic rings. The van der Waals surface area contributed by atoms with Crippen molar-refractivity contribution in [3.8, 4) is 5.75 Å². The van der Waals surface area contributed by atoms with E-state index < -0.39 is 0 Å². The Labute approximate surface area is 235 Å². The number of rotatable bonds is 5. The zero-order valence-electron chi connectivity index (χ0n) is 24.0. The number of nitrogens with zero attached hydrogens (tertiary/aromatic N) is 2. The molecule has 0 spiro atoms. The first kappa shape index (κ1) is 28.4. The van der Waals surface area contributed by atoms with Crippen molar-refractivity contribution in [2.45, 2.75) is 41.5 Å². The summed E-state index contributed by atoms with van der Waals surface area (Å²) in [5.74, 6) is 1.36. The van der Waals surface area contributed by atoms with E-state index in [0.717, 1.165) is 27.9 Å². The van der Waals surface area contributed by atoms with Gasteiger partial charge in [0.2, 0.25) is 0 Å². The molecule has 1 aliphatic heterocycles. The Morgan fingerprint density at radius 1 is 0.900 bits per heavy atom. The normalized spacial score (nSPS) is 12.8. The van der Waals surface area contributed by atoms with Crippen LogP contribution in [0.2, 0.25) is 0 Å². The summed E-state index contributed by atoms with van der Waals surface area (Å²) < 4.78 is 0. The molecule has 3 aromatic carbocycles. The third kappa shape index (κ3) is 6.31. The number of phenolic OH excluding ortho intramolecular Hbond substituents is 1. The SMILES string of the molecule is C=C(NC1=NCC(C(C)(C)C)=C1)Nc1ccc(NC(=O)c2cccc3nc4cc(O)cc(C)c4cc23)cc1.CC. The number of aliphatic imine (C=N–C) groups is 1. The second-order valence-electron chi connectivity index (χ2n) is 10.6. The smallest absolute Gasteiger partial charge is 0.256 e. The maximum atomic E-state index is 13.2. The number of carbonyl (C=O) groups is 1. The summed E-state index contributed by atoms with van der Waals surface area (Å²) in [6, 6.07) is 18.2. The highest BCUT2D eigenvalue weighted by atomic mass is 16.3. The monoisotopic (exact) mass is 535 g/mol. The zero-order valence-corrected chi connectivity index (χ0v) is 24.0. The van der Waals surface area contributed by atoms with Crippen LogP contribution < -0.4 is 16.0 Å². The lowest BCUT2D eigenvalue weighted by molar-refractivity contribution is 0.102. The molecule has 0 unspecified atom stereocenters. The van der Waals surface area contributed by atoms with Gasteiger partial charge in [0.15, 0.2) is 0 Å². The Kier molecular flexibility index (Phi) is 8.24. The van der Waals surface area contributed by atoms with Crippen molar-refractivity contribution in [1.29, 1.82) is 0 Å². The van der Waals surface area contributed by atoms with Crippen molar-refractivity contribution >= 4 is 44.9 Å². The van der Waals surface area contributed by atoms with Crippen LogP contribution in [0, 0.1) is 12.3 Å². The number of benzene rings is 3. The number of hydrogen-bond acceptors (Lipinski definition) is 6. The van der Waals surface area contributed by atoms with Gasteiger partial charge in [-0.2, -0.15) is 0 Å². The molecule has 206 valence electrons. The number of fused-ring (bicyclic) bond motifs is 2. The van der Waals surface area contributed by atoms with Crippen LogP contribution in [0.1, 0.15) is 50.5 Å². The Morgan fingerprint density at radius 3 is 2.23 bits per heavy atom. The number of aryl methyl sites for hydroxylation is 1. The molecule has 0 fully saturated rings. The minimum absolute atomic E-state index is 0.0845. The molecule has 1 aromatic heterocycles. The second-order valence-corrected chi connectivity index (χ2v) is 10.6. The highest BCUT2D eigenvalue weighted by Gasteiger charge is 2.21. The van der Waals surface area contributed by atoms with Gasteiger partial charge in [0.05, 0.1) is 17.6 Å². The van der Waals surface area contributed by atoms with Gasteiger partial charge in [0, 0.05) is 33.8 Å². The molecule has 0 saturated carbocycles. The molecule has 4 aromatic rings. The number of carbonyl (C=O) groups excluding carboxylic acids is 1. The first-order valence-corrected chi connectivity index (χ1v) is 13.5. The number of anilines is 2. The van der Waals surface area contributed by atoms with E-state index in [-0.39, 0.29) is 17.1 Å². The van der Waals surface area contributed by atoms with Crippen molar-refractivity contribution in [3.05, 3.63) is 95.8 Å². The summed E-state index contributed by atoms with van der Waals surface area (Å²) in [5.41, 5.74) is 5.68. The van der Waals surface area contributed by atoms with E-state index in [4.69, 9.17) is 0 Å². The van der Waals surface area contributed by atoms with Gasteiger partial charge in [-0.1, -0.05) is 47.3 Å². The minimum atomic E-state index is -0.222. The molecule has 1 amide bonds. The van der Waals surface area contributed by atoms with Crippen LogP contribution >= 0.6 is 0 Å². The predicted molar refractivity (Wildman–Crippen MR) is 167 cm³/mol. The molecule has 0 atom stereocenters. The molecule has 0 aliphatic carbocycles. The molecular formula is C33H37N5O2. The number of amides is 1. The van der Waals surface area contributed by atoms with Crippen molar-refractivity contribution in [2.24, 2.45) is 10.4 Å². The summed E-state index contributed by atoms with van der Waals surface area (Å²) in [6.45, 7) is 17.2. The molecule has 7 nitrogen and oxygen atoms in total. The molecular weight excluding hydrogens is 498 g/mol. The molecule has 0 saturated heterocycles. The molecule has 4 N–H and O–H groups in total. The summed E-state index contributed by atoms with van der Waals surface area (Å²) in [7, 11) is 0. The van der Waals surface area contributed by atoms with E-state index in [1.165, 1.54) is 5.57 Å². The quantitative estimate of drug-likeness (QED) is 0.198. The first-order valence-electron chi connectivity index (χ1n) is 13.5. The van der Waals surface area contributed by atoms with Crippen molar-refractivity contribution in [2.75, 3.05) is 17.2 Å². The van der Waals surface area contributed by atoms with Crippen LogP contribution in [0.5, 0.6) is 5.75 Å². The lowest BCUT2D eigenvalue weighted by Gasteiger charge is -2.18. The molecule has 2 heterocycles. The number of aromatic hydroxyl groups is 1. The number of phenols is 1. The van der Waals surface area contributed by atoms with E-state index in [1.807, 2.05) is 63.2 Å². The lowest BCUT2D eigenvalue weighted by Crippen LogP contribution is -2.24. The van der Waals surface area contributed by atoms with Gasteiger partial charge in [-0.3, -0.25) is 9.79 Å². The predicted octanol–water partition coefficient (Wildman–Crippen LogP) is 7.54. The Bertz CT molecular complexity index is 1640. The number of hydrogen-bond donors (Lipinski definition) is 4. The number of amidine groups is 1. The Hall–Kier alpha value is -4.65. The molecule has 0 bridgehead atoms. The summed E-state index contributed by atoms with van der Waals surface area (Å²) >= 11 is 0. The van der Waals surface area contributed by atoms with Crippen LogP contribution in [0.15, 0.2) is 89.7 Å². The van der Waals surface area contributed by atoms with Crippen LogP contribution in [-0.4, -0.2) is 28.4 Å². The maximum absolute atomic E-state index is 13.2. The molecule has 0 radical (unpaired) electrons. The summed E-state index contributed by atoms with van der Waals surface area (Å²) in [6.07, 6.45) is 2.07. The Balaban J connectivity index is 0.00000181. The van der Waals surface area contributed by atoms with Crippen LogP contribution in [0.25, 0.3) is 21.8 Å². The van der Waals surface area contributed by atoms with Gasteiger partial charge in [-0.05, 0) is 78.1 Å². The van der Waals surface area contributed by atoms with Crippen LogP contribution in [0.4, 0.5) is 11.4 Å². The Morgan fingerprint density at radius 2 is 1.57 bits per heavy atom. The largest absolute Gasteiger partial charge is 0.508 e. The van der Waals surface area contributed by atoms with Crippen LogP contribution in [-0.2, 0) is 0 Å². The second kappa shape index (κ2) is 11.6. The fourth-order valence-electron chi connectivity index (χ4n) is 4.47. The fourth-order valence-corrected chi connectivity index (χ4v) is 4.47. The van der Waals surface area contributed by atoms with E-state index in [9.17, 15) is 9.90 Å². The first-order chi connectivity index (χ1) is 19.1. The average Bonchev–Trinajstić information content (AvgIpc) is 3.38. The van der Waals surface area contributed by atoms with E-state index >= 15 is 0 Å². The van der Waals surface area contributed by atoms with Gasteiger partial charge >= 0.3 is 0 Å². The van der Waals surface area contributed by atoms with Gasteiger partial charge in [-0.15, -0.1) is 0 Å². The standard InChI is InChI=1S/C31H31N5O2.C2H6/c1-18-13-23(37)15-28-25(18)16-26-24(7-6-8-27(26)36-28)30(38)35-22-11-9-21(10-12-22)33-19(2)34-29-14-20(17-32-29)31(3,4)5;1-2/h6-16,33,37H,2,17H2,1,3-5H3,(H,32,34)(H,35,38);1-2H3. The highest BCUT2D eigenvalue weighted by molar-refractivity contribution is 6.14.